The zero-order valence-electron chi connectivity index (χ0n) is 9.32. The SMILES string of the molecule is Clc1cc(SCc2ccccc2)n2ncnc2n1. The number of halogens is 1. The lowest BCUT2D eigenvalue weighted by atomic mass is 10.2. The van der Waals surface area contributed by atoms with Gasteiger partial charge < -0.3 is 0 Å². The van der Waals surface area contributed by atoms with Crippen LogP contribution >= 0.6 is 23.4 Å². The van der Waals surface area contributed by atoms with Gasteiger partial charge in [-0.3, -0.25) is 0 Å². The summed E-state index contributed by atoms with van der Waals surface area (Å²) in [6.45, 7) is 0. The third kappa shape index (κ3) is 2.32. The highest BCUT2D eigenvalue weighted by Gasteiger charge is 2.07. The van der Waals surface area contributed by atoms with Crippen LogP contribution in [-0.4, -0.2) is 19.6 Å². The van der Waals surface area contributed by atoms with Crippen LogP contribution < -0.4 is 0 Å². The molecule has 1 aromatic carbocycles. The first-order chi connectivity index (χ1) is 8.83. The highest BCUT2D eigenvalue weighted by atomic mass is 35.5. The van der Waals surface area contributed by atoms with Crippen LogP contribution in [0.3, 0.4) is 0 Å². The predicted molar refractivity (Wildman–Crippen MR) is 71.8 cm³/mol. The number of nitrogens with zero attached hydrogens (tertiary/aromatic N) is 4. The molecule has 0 radical (unpaired) electrons. The molecule has 18 heavy (non-hydrogen) atoms. The first-order valence-electron chi connectivity index (χ1n) is 5.36. The summed E-state index contributed by atoms with van der Waals surface area (Å²) in [6, 6.07) is 12.0. The lowest BCUT2D eigenvalue weighted by molar-refractivity contribution is 0.842. The molecule has 0 spiro atoms. The van der Waals surface area contributed by atoms with E-state index in [2.05, 4.69) is 27.2 Å². The maximum atomic E-state index is 5.96. The van der Waals surface area contributed by atoms with E-state index in [-0.39, 0.29) is 0 Å². The molecule has 4 nitrogen and oxygen atoms in total. The van der Waals surface area contributed by atoms with E-state index in [1.807, 2.05) is 18.2 Å². The minimum absolute atomic E-state index is 0.436. The molecule has 3 aromatic rings. The number of hydrogen-bond donors (Lipinski definition) is 0. The molecule has 3 rings (SSSR count). The number of rotatable bonds is 3. The molecule has 2 heterocycles. The standard InChI is InChI=1S/C12H9ClN4S/c13-10-6-11(17-12(16-10)14-8-15-17)18-7-9-4-2-1-3-5-9/h1-6,8H,7H2. The predicted octanol–water partition coefficient (Wildman–Crippen LogP) is 3.07. The normalized spacial score (nSPS) is 10.9. The number of aromatic nitrogens is 4. The molecular weight excluding hydrogens is 268 g/mol. The van der Waals surface area contributed by atoms with Gasteiger partial charge in [0, 0.05) is 11.8 Å². The fourth-order valence-electron chi connectivity index (χ4n) is 1.59. The van der Waals surface area contributed by atoms with Gasteiger partial charge in [-0.1, -0.05) is 41.9 Å². The molecule has 0 N–H and O–H groups in total. The topological polar surface area (TPSA) is 43.1 Å². The van der Waals surface area contributed by atoms with Crippen LogP contribution in [0.4, 0.5) is 0 Å². The monoisotopic (exact) mass is 276 g/mol. The largest absolute Gasteiger partial charge is 0.254 e. The summed E-state index contributed by atoms with van der Waals surface area (Å²) in [7, 11) is 0. The van der Waals surface area contributed by atoms with Crippen molar-refractivity contribution in [1.82, 2.24) is 19.6 Å². The van der Waals surface area contributed by atoms with E-state index in [0.717, 1.165) is 10.8 Å². The fourth-order valence-corrected chi connectivity index (χ4v) is 2.79. The minimum atomic E-state index is 0.436. The van der Waals surface area contributed by atoms with Gasteiger partial charge in [-0.05, 0) is 5.56 Å². The molecule has 0 aliphatic rings. The lowest BCUT2D eigenvalue weighted by Crippen LogP contribution is -1.95. The average molecular weight is 277 g/mol. The molecule has 0 unspecified atom stereocenters. The summed E-state index contributed by atoms with van der Waals surface area (Å²) < 4.78 is 1.69. The molecule has 2 aromatic heterocycles. The van der Waals surface area contributed by atoms with E-state index < -0.39 is 0 Å². The van der Waals surface area contributed by atoms with Crippen LogP contribution in [0.1, 0.15) is 5.56 Å². The molecule has 6 heteroatoms. The highest BCUT2D eigenvalue weighted by molar-refractivity contribution is 7.98. The van der Waals surface area contributed by atoms with Crippen molar-refractivity contribution in [3.63, 3.8) is 0 Å². The van der Waals surface area contributed by atoms with Crippen molar-refractivity contribution in [2.75, 3.05) is 0 Å². The molecule has 90 valence electrons. The van der Waals surface area contributed by atoms with Crippen molar-refractivity contribution >= 4 is 29.1 Å². The highest BCUT2D eigenvalue weighted by Crippen LogP contribution is 2.24. The molecule has 0 atom stereocenters. The zero-order valence-corrected chi connectivity index (χ0v) is 10.9. The van der Waals surface area contributed by atoms with E-state index in [9.17, 15) is 0 Å². The van der Waals surface area contributed by atoms with Crippen molar-refractivity contribution in [3.8, 4) is 0 Å². The molecular formula is C12H9ClN4S. The Morgan fingerprint density at radius 1 is 1.22 bits per heavy atom. The van der Waals surface area contributed by atoms with Gasteiger partial charge in [0.15, 0.2) is 0 Å². The maximum absolute atomic E-state index is 5.96. The summed E-state index contributed by atoms with van der Waals surface area (Å²) >= 11 is 7.61. The maximum Gasteiger partial charge on any atom is 0.254 e. The van der Waals surface area contributed by atoms with Crippen LogP contribution in [0, 0.1) is 0 Å². The Morgan fingerprint density at radius 2 is 2.06 bits per heavy atom. The molecule has 0 bridgehead atoms. The van der Waals surface area contributed by atoms with Crippen molar-refractivity contribution in [3.05, 3.63) is 53.4 Å². The Bertz CT molecular complexity index is 668. The molecule has 0 saturated carbocycles. The van der Waals surface area contributed by atoms with Gasteiger partial charge in [0.25, 0.3) is 5.78 Å². The second kappa shape index (κ2) is 4.96. The Balaban J connectivity index is 1.88. The van der Waals surface area contributed by atoms with Gasteiger partial charge in [0.2, 0.25) is 0 Å². The summed E-state index contributed by atoms with van der Waals surface area (Å²) in [5, 5.41) is 5.51. The Labute approximate surface area is 113 Å². The number of fused-ring (bicyclic) bond motifs is 1. The van der Waals surface area contributed by atoms with Crippen molar-refractivity contribution < 1.29 is 0 Å². The summed E-state index contributed by atoms with van der Waals surface area (Å²) in [4.78, 5) is 8.13. The van der Waals surface area contributed by atoms with Gasteiger partial charge in [-0.15, -0.1) is 11.8 Å². The Hall–Kier alpha value is -1.59. The van der Waals surface area contributed by atoms with Gasteiger partial charge in [0.1, 0.15) is 16.5 Å². The lowest BCUT2D eigenvalue weighted by Gasteiger charge is -2.04. The van der Waals surface area contributed by atoms with Gasteiger partial charge in [0.05, 0.1) is 0 Å². The Morgan fingerprint density at radius 3 is 2.89 bits per heavy atom. The van der Waals surface area contributed by atoms with Crippen molar-refractivity contribution in [2.24, 2.45) is 0 Å². The van der Waals surface area contributed by atoms with E-state index >= 15 is 0 Å². The molecule has 0 fully saturated rings. The van der Waals surface area contributed by atoms with E-state index in [1.54, 1.807) is 22.3 Å². The van der Waals surface area contributed by atoms with Crippen molar-refractivity contribution in [1.29, 1.82) is 0 Å². The second-order valence-electron chi connectivity index (χ2n) is 3.66. The molecule has 0 saturated heterocycles. The van der Waals surface area contributed by atoms with E-state index in [0.29, 0.717) is 10.9 Å². The molecule has 0 amide bonds. The third-order valence-electron chi connectivity index (χ3n) is 2.42. The fraction of sp³-hybridized carbons (Fsp3) is 0.0833. The van der Waals surface area contributed by atoms with Crippen LogP contribution in [0.15, 0.2) is 47.8 Å². The van der Waals surface area contributed by atoms with E-state index in [1.165, 1.54) is 11.9 Å². The van der Waals surface area contributed by atoms with Crippen LogP contribution in [0.5, 0.6) is 0 Å². The summed E-state index contributed by atoms with van der Waals surface area (Å²) in [5.41, 5.74) is 1.25. The first kappa shape index (κ1) is 11.5. The van der Waals surface area contributed by atoms with Crippen LogP contribution in [0.25, 0.3) is 5.78 Å². The number of hydrogen-bond acceptors (Lipinski definition) is 4. The van der Waals surface area contributed by atoms with Gasteiger partial charge in [-0.25, -0.2) is 0 Å². The third-order valence-corrected chi connectivity index (χ3v) is 3.68. The second-order valence-corrected chi connectivity index (χ2v) is 5.05. The summed E-state index contributed by atoms with van der Waals surface area (Å²) in [5.74, 6) is 1.38. The minimum Gasteiger partial charge on any atom is -0.199 e. The Kier molecular flexibility index (Phi) is 3.17. The first-order valence-corrected chi connectivity index (χ1v) is 6.72. The van der Waals surface area contributed by atoms with Crippen LogP contribution in [0.2, 0.25) is 5.15 Å². The molecule has 0 aliphatic heterocycles. The van der Waals surface area contributed by atoms with Crippen LogP contribution in [-0.2, 0) is 5.75 Å². The van der Waals surface area contributed by atoms with Gasteiger partial charge >= 0.3 is 0 Å². The molecule has 0 aliphatic carbocycles. The number of thioether (sulfide) groups is 1. The number of benzene rings is 1. The smallest absolute Gasteiger partial charge is 0.199 e. The average Bonchev–Trinajstić information content (AvgIpc) is 2.85. The van der Waals surface area contributed by atoms with Crippen molar-refractivity contribution in [2.45, 2.75) is 10.8 Å². The van der Waals surface area contributed by atoms with Gasteiger partial charge in [-0.2, -0.15) is 19.6 Å². The zero-order chi connectivity index (χ0) is 12.4. The van der Waals surface area contributed by atoms with E-state index in [4.69, 9.17) is 11.6 Å². The summed E-state index contributed by atoms with van der Waals surface area (Å²) in [6.07, 6.45) is 1.48. The quantitative estimate of drug-likeness (QED) is 0.545.